The summed E-state index contributed by atoms with van der Waals surface area (Å²) in [6, 6.07) is 9.97. The molecule has 3 aromatic rings. The summed E-state index contributed by atoms with van der Waals surface area (Å²) in [5.41, 5.74) is 2.33. The minimum Gasteiger partial charge on any atom is -0.386 e. The van der Waals surface area contributed by atoms with Gasteiger partial charge in [0.1, 0.15) is 5.82 Å². The zero-order valence-electron chi connectivity index (χ0n) is 17.1. The van der Waals surface area contributed by atoms with Gasteiger partial charge in [0.25, 0.3) is 5.89 Å². The van der Waals surface area contributed by atoms with Crippen molar-refractivity contribution in [2.45, 2.75) is 32.8 Å². The Labute approximate surface area is 173 Å². The average molecular weight is 410 g/mol. The minimum atomic E-state index is -0.987. The van der Waals surface area contributed by atoms with Crippen LogP contribution in [0.1, 0.15) is 30.8 Å². The first kappa shape index (κ1) is 20.0. The molecule has 0 bridgehead atoms. The number of carbonyl (C=O) groups excluding carboxylic acids is 1. The van der Waals surface area contributed by atoms with E-state index in [4.69, 9.17) is 4.52 Å². The molecule has 0 atom stereocenters. The number of hydrogen-bond donors (Lipinski definition) is 2. The van der Waals surface area contributed by atoms with Gasteiger partial charge in [-0.3, -0.25) is 4.79 Å². The van der Waals surface area contributed by atoms with Gasteiger partial charge in [-0.2, -0.15) is 4.98 Å². The molecule has 0 fully saturated rings. The van der Waals surface area contributed by atoms with Crippen LogP contribution in [0.3, 0.4) is 0 Å². The van der Waals surface area contributed by atoms with E-state index in [-0.39, 0.29) is 24.0 Å². The summed E-state index contributed by atoms with van der Waals surface area (Å²) in [6.45, 7) is 5.61. The van der Waals surface area contributed by atoms with E-state index in [1.54, 1.807) is 37.8 Å². The van der Waals surface area contributed by atoms with Crippen molar-refractivity contribution in [2.24, 2.45) is 0 Å². The molecular formula is C22H23FN4O3. The molecular weight excluding hydrogens is 387 g/mol. The Morgan fingerprint density at radius 1 is 1.33 bits per heavy atom. The third kappa shape index (κ3) is 3.78. The van der Waals surface area contributed by atoms with Crippen LogP contribution in [-0.2, 0) is 16.8 Å². The van der Waals surface area contributed by atoms with E-state index in [9.17, 15) is 14.3 Å². The predicted molar refractivity (Wildman–Crippen MR) is 111 cm³/mol. The van der Waals surface area contributed by atoms with Crippen LogP contribution in [0.4, 0.5) is 15.8 Å². The fourth-order valence-electron chi connectivity index (χ4n) is 3.74. The fraction of sp³-hybridized carbons (Fsp3) is 0.318. The molecule has 2 N–H and O–H groups in total. The first-order chi connectivity index (χ1) is 14.2. The standard InChI is InChI=1S/C22H23FN4O3/c1-13-25-21(30-26-13)14-7-8-17(23)18(11-14)24-12-20(28)27-10-9-15-16(22(2,3)29)5-4-6-19(15)27/h4-8,11,24,29H,9-10,12H2,1-3H3. The van der Waals surface area contributed by atoms with Gasteiger partial charge in [-0.1, -0.05) is 17.3 Å². The molecule has 0 saturated heterocycles. The number of halogens is 1. The summed E-state index contributed by atoms with van der Waals surface area (Å²) in [5, 5.41) is 17.0. The number of nitrogens with zero attached hydrogens (tertiary/aromatic N) is 3. The van der Waals surface area contributed by atoms with Crippen molar-refractivity contribution in [3.05, 3.63) is 59.2 Å². The molecule has 2 aromatic carbocycles. The van der Waals surface area contributed by atoms with E-state index in [0.717, 1.165) is 16.8 Å². The number of rotatable bonds is 5. The highest BCUT2D eigenvalue weighted by molar-refractivity contribution is 5.98. The Kier molecular flexibility index (Phi) is 5.03. The number of fused-ring (bicyclic) bond motifs is 1. The quantitative estimate of drug-likeness (QED) is 0.670. The van der Waals surface area contributed by atoms with Crippen LogP contribution in [-0.4, -0.2) is 34.2 Å². The van der Waals surface area contributed by atoms with E-state index in [1.807, 2.05) is 18.2 Å². The summed E-state index contributed by atoms with van der Waals surface area (Å²) in [4.78, 5) is 18.7. The van der Waals surface area contributed by atoms with Crippen molar-refractivity contribution < 1.29 is 18.8 Å². The maximum Gasteiger partial charge on any atom is 0.257 e. The lowest BCUT2D eigenvalue weighted by molar-refractivity contribution is -0.116. The molecule has 0 aliphatic carbocycles. The molecule has 8 heteroatoms. The molecule has 7 nitrogen and oxygen atoms in total. The summed E-state index contributed by atoms with van der Waals surface area (Å²) in [5.74, 6) is 0.112. The molecule has 0 unspecified atom stereocenters. The smallest absolute Gasteiger partial charge is 0.257 e. The SMILES string of the molecule is Cc1noc(-c2ccc(F)c(NCC(=O)N3CCc4c3cccc4C(C)(C)O)c2)n1. The van der Waals surface area contributed by atoms with Crippen molar-refractivity contribution in [1.82, 2.24) is 10.1 Å². The predicted octanol–water partition coefficient (Wildman–Crippen LogP) is 3.41. The number of aromatic nitrogens is 2. The van der Waals surface area contributed by atoms with Gasteiger partial charge in [0.15, 0.2) is 5.82 Å². The zero-order chi connectivity index (χ0) is 21.5. The summed E-state index contributed by atoms with van der Waals surface area (Å²) in [7, 11) is 0. The lowest BCUT2D eigenvalue weighted by atomic mass is 9.92. The normalized spacial score (nSPS) is 13.4. The van der Waals surface area contributed by atoms with Crippen molar-refractivity contribution in [3.8, 4) is 11.5 Å². The van der Waals surface area contributed by atoms with Crippen molar-refractivity contribution >= 4 is 17.3 Å². The molecule has 156 valence electrons. The number of hydrogen-bond acceptors (Lipinski definition) is 6. The van der Waals surface area contributed by atoms with Gasteiger partial charge in [0, 0.05) is 17.8 Å². The number of aliphatic hydroxyl groups is 1. The number of anilines is 2. The first-order valence-corrected chi connectivity index (χ1v) is 9.73. The molecule has 2 heterocycles. The van der Waals surface area contributed by atoms with E-state index >= 15 is 0 Å². The second-order valence-corrected chi connectivity index (χ2v) is 7.85. The number of benzene rings is 2. The maximum absolute atomic E-state index is 14.3. The minimum absolute atomic E-state index is 0.0740. The average Bonchev–Trinajstić information content (AvgIpc) is 3.32. The molecule has 4 rings (SSSR count). The number of aryl methyl sites for hydroxylation is 1. The lowest BCUT2D eigenvalue weighted by Crippen LogP contribution is -2.34. The monoisotopic (exact) mass is 410 g/mol. The highest BCUT2D eigenvalue weighted by Gasteiger charge is 2.30. The summed E-state index contributed by atoms with van der Waals surface area (Å²) >= 11 is 0. The van der Waals surface area contributed by atoms with Crippen LogP contribution in [0.15, 0.2) is 40.9 Å². The van der Waals surface area contributed by atoms with E-state index in [2.05, 4.69) is 15.5 Å². The summed E-state index contributed by atoms with van der Waals surface area (Å²) in [6.07, 6.45) is 0.668. The maximum atomic E-state index is 14.3. The lowest BCUT2D eigenvalue weighted by Gasteiger charge is -2.23. The molecule has 0 saturated carbocycles. The van der Waals surface area contributed by atoms with Gasteiger partial charge in [0.05, 0.1) is 17.8 Å². The van der Waals surface area contributed by atoms with Crippen LogP contribution in [0.25, 0.3) is 11.5 Å². The van der Waals surface area contributed by atoms with Crippen LogP contribution < -0.4 is 10.2 Å². The second-order valence-electron chi connectivity index (χ2n) is 7.85. The van der Waals surface area contributed by atoms with Crippen LogP contribution in [0.5, 0.6) is 0 Å². The van der Waals surface area contributed by atoms with E-state index < -0.39 is 11.4 Å². The largest absolute Gasteiger partial charge is 0.386 e. The Bertz CT molecular complexity index is 1100. The Morgan fingerprint density at radius 2 is 2.13 bits per heavy atom. The van der Waals surface area contributed by atoms with Gasteiger partial charge in [-0.25, -0.2) is 4.39 Å². The van der Waals surface area contributed by atoms with Crippen molar-refractivity contribution in [3.63, 3.8) is 0 Å². The van der Waals surface area contributed by atoms with Gasteiger partial charge in [-0.05, 0) is 62.6 Å². The van der Waals surface area contributed by atoms with Gasteiger partial charge >= 0.3 is 0 Å². The zero-order valence-corrected chi connectivity index (χ0v) is 17.1. The molecule has 0 radical (unpaired) electrons. The molecule has 1 aliphatic rings. The highest BCUT2D eigenvalue weighted by atomic mass is 19.1. The van der Waals surface area contributed by atoms with Crippen LogP contribution in [0.2, 0.25) is 0 Å². The summed E-state index contributed by atoms with van der Waals surface area (Å²) < 4.78 is 19.4. The Hall–Kier alpha value is -3.26. The van der Waals surface area contributed by atoms with Crippen LogP contribution >= 0.6 is 0 Å². The molecule has 1 aromatic heterocycles. The van der Waals surface area contributed by atoms with Crippen LogP contribution in [0, 0.1) is 12.7 Å². The van der Waals surface area contributed by atoms with Crippen molar-refractivity contribution in [2.75, 3.05) is 23.3 Å². The fourth-order valence-corrected chi connectivity index (χ4v) is 3.74. The van der Waals surface area contributed by atoms with E-state index in [1.165, 1.54) is 6.07 Å². The third-order valence-electron chi connectivity index (χ3n) is 5.16. The van der Waals surface area contributed by atoms with E-state index in [0.29, 0.717) is 24.4 Å². The molecule has 1 amide bonds. The van der Waals surface area contributed by atoms with Gasteiger partial charge in [0.2, 0.25) is 5.91 Å². The second kappa shape index (κ2) is 7.53. The first-order valence-electron chi connectivity index (χ1n) is 9.73. The molecule has 0 spiro atoms. The topological polar surface area (TPSA) is 91.5 Å². The van der Waals surface area contributed by atoms with Gasteiger partial charge < -0.3 is 19.8 Å². The number of nitrogens with one attached hydrogen (secondary N) is 1. The Balaban J connectivity index is 1.51. The highest BCUT2D eigenvalue weighted by Crippen LogP contribution is 2.35. The van der Waals surface area contributed by atoms with Gasteiger partial charge in [-0.15, -0.1) is 0 Å². The number of carbonyl (C=O) groups is 1. The Morgan fingerprint density at radius 3 is 2.83 bits per heavy atom. The van der Waals surface area contributed by atoms with Crippen molar-refractivity contribution in [1.29, 1.82) is 0 Å². The molecule has 1 aliphatic heterocycles. The third-order valence-corrected chi connectivity index (χ3v) is 5.16. The number of amides is 1. The molecule has 30 heavy (non-hydrogen) atoms.